The quantitative estimate of drug-likeness (QED) is 0.625. The van der Waals surface area contributed by atoms with Gasteiger partial charge in [-0.2, -0.15) is 4.31 Å². The normalized spacial score (nSPS) is 16.4. The fraction of sp³-hybridized carbons (Fsp3) is 0.300. The van der Waals surface area contributed by atoms with Crippen molar-refractivity contribution < 1.29 is 12.8 Å². The van der Waals surface area contributed by atoms with E-state index in [0.29, 0.717) is 41.0 Å². The monoisotopic (exact) mass is 417 g/mol. The summed E-state index contributed by atoms with van der Waals surface area (Å²) in [5.41, 5.74) is 1.19. The SMILES string of the molecule is CC1CCN(S(=O)(=O)c2cccc(-c3nnc(-c4ccccc4Cl)o3)c2)CC1. The molecule has 1 saturated heterocycles. The van der Waals surface area contributed by atoms with E-state index in [-0.39, 0.29) is 10.8 Å². The molecule has 28 heavy (non-hydrogen) atoms. The molecule has 0 unspecified atom stereocenters. The van der Waals surface area contributed by atoms with Crippen molar-refractivity contribution in [2.45, 2.75) is 24.7 Å². The lowest BCUT2D eigenvalue weighted by atomic mass is 10.0. The Bertz CT molecular complexity index is 1090. The molecule has 0 amide bonds. The summed E-state index contributed by atoms with van der Waals surface area (Å²) < 4.78 is 33.3. The van der Waals surface area contributed by atoms with Gasteiger partial charge in [0.1, 0.15) is 0 Å². The van der Waals surface area contributed by atoms with Crippen molar-refractivity contribution in [1.29, 1.82) is 0 Å². The minimum Gasteiger partial charge on any atom is -0.416 e. The Morgan fingerprint density at radius 2 is 1.75 bits per heavy atom. The van der Waals surface area contributed by atoms with E-state index in [0.717, 1.165) is 12.8 Å². The van der Waals surface area contributed by atoms with Crippen LogP contribution >= 0.6 is 11.6 Å². The van der Waals surface area contributed by atoms with Crippen LogP contribution in [0, 0.1) is 5.92 Å². The molecule has 0 saturated carbocycles. The van der Waals surface area contributed by atoms with Gasteiger partial charge in [0.25, 0.3) is 0 Å². The molecule has 6 nitrogen and oxygen atoms in total. The maximum Gasteiger partial charge on any atom is 0.249 e. The van der Waals surface area contributed by atoms with Gasteiger partial charge in [-0.1, -0.05) is 36.7 Å². The molecule has 4 rings (SSSR count). The first kappa shape index (κ1) is 19.1. The van der Waals surface area contributed by atoms with E-state index in [9.17, 15) is 8.42 Å². The van der Waals surface area contributed by atoms with E-state index in [4.69, 9.17) is 16.0 Å². The fourth-order valence-electron chi connectivity index (χ4n) is 3.25. The van der Waals surface area contributed by atoms with Gasteiger partial charge in [0.05, 0.1) is 15.5 Å². The Morgan fingerprint density at radius 1 is 1.04 bits per heavy atom. The number of piperidine rings is 1. The number of hydrogen-bond donors (Lipinski definition) is 0. The van der Waals surface area contributed by atoms with Crippen LogP contribution in [-0.2, 0) is 10.0 Å². The maximum absolute atomic E-state index is 13.0. The van der Waals surface area contributed by atoms with Crippen LogP contribution in [-0.4, -0.2) is 36.0 Å². The summed E-state index contributed by atoms with van der Waals surface area (Å²) in [6.45, 7) is 3.24. The Hall–Kier alpha value is -2.22. The molecule has 1 aliphatic heterocycles. The molecule has 0 radical (unpaired) electrons. The van der Waals surface area contributed by atoms with E-state index in [1.807, 2.05) is 12.1 Å². The van der Waals surface area contributed by atoms with Crippen molar-refractivity contribution in [1.82, 2.24) is 14.5 Å². The van der Waals surface area contributed by atoms with E-state index in [1.54, 1.807) is 40.7 Å². The lowest BCUT2D eigenvalue weighted by Gasteiger charge is -2.29. The molecule has 1 fully saturated rings. The second kappa shape index (κ2) is 7.66. The molecule has 3 aromatic rings. The third kappa shape index (κ3) is 3.70. The molecule has 2 aromatic carbocycles. The first-order valence-corrected chi connectivity index (χ1v) is 11.0. The van der Waals surface area contributed by atoms with E-state index >= 15 is 0 Å². The number of benzene rings is 2. The topological polar surface area (TPSA) is 76.3 Å². The van der Waals surface area contributed by atoms with Crippen LogP contribution in [0.2, 0.25) is 5.02 Å². The summed E-state index contributed by atoms with van der Waals surface area (Å²) in [4.78, 5) is 0.233. The van der Waals surface area contributed by atoms with Crippen molar-refractivity contribution in [2.24, 2.45) is 5.92 Å². The van der Waals surface area contributed by atoms with Crippen LogP contribution in [0.25, 0.3) is 22.9 Å². The Morgan fingerprint density at radius 3 is 2.50 bits per heavy atom. The smallest absolute Gasteiger partial charge is 0.249 e. The van der Waals surface area contributed by atoms with Crippen LogP contribution in [0.4, 0.5) is 0 Å². The molecule has 1 aromatic heterocycles. The van der Waals surface area contributed by atoms with Gasteiger partial charge in [0.15, 0.2) is 0 Å². The summed E-state index contributed by atoms with van der Waals surface area (Å²) in [6, 6.07) is 13.8. The molecule has 0 spiro atoms. The largest absolute Gasteiger partial charge is 0.416 e. The number of aromatic nitrogens is 2. The van der Waals surface area contributed by atoms with Gasteiger partial charge in [-0.05, 0) is 49.1 Å². The zero-order valence-corrected chi connectivity index (χ0v) is 16.9. The van der Waals surface area contributed by atoms with E-state index in [2.05, 4.69) is 17.1 Å². The zero-order chi connectivity index (χ0) is 19.7. The van der Waals surface area contributed by atoms with Crippen molar-refractivity contribution in [3.05, 3.63) is 53.6 Å². The Labute approximate surface area is 169 Å². The fourth-order valence-corrected chi connectivity index (χ4v) is 4.98. The predicted molar refractivity (Wildman–Crippen MR) is 107 cm³/mol. The zero-order valence-electron chi connectivity index (χ0n) is 15.4. The van der Waals surface area contributed by atoms with Gasteiger partial charge in [-0.25, -0.2) is 8.42 Å². The third-order valence-corrected chi connectivity index (χ3v) is 7.21. The highest BCUT2D eigenvalue weighted by Crippen LogP contribution is 2.30. The molecule has 0 bridgehead atoms. The van der Waals surface area contributed by atoms with Crippen LogP contribution < -0.4 is 0 Å². The highest BCUT2D eigenvalue weighted by Gasteiger charge is 2.28. The van der Waals surface area contributed by atoms with Crippen molar-refractivity contribution in [3.63, 3.8) is 0 Å². The second-order valence-corrected chi connectivity index (χ2v) is 9.35. The molecule has 2 heterocycles. The molecule has 146 valence electrons. The second-order valence-electron chi connectivity index (χ2n) is 7.01. The Balaban J connectivity index is 1.64. The summed E-state index contributed by atoms with van der Waals surface area (Å²) in [5, 5.41) is 8.63. The van der Waals surface area contributed by atoms with Crippen LogP contribution in [0.5, 0.6) is 0 Å². The van der Waals surface area contributed by atoms with Crippen LogP contribution in [0.3, 0.4) is 0 Å². The number of sulfonamides is 1. The minimum atomic E-state index is -3.55. The predicted octanol–water partition coefficient (Wildman–Crippen LogP) is 4.48. The molecule has 0 atom stereocenters. The van der Waals surface area contributed by atoms with Crippen molar-refractivity contribution in [2.75, 3.05) is 13.1 Å². The van der Waals surface area contributed by atoms with E-state index in [1.165, 1.54) is 0 Å². The number of halogens is 1. The third-order valence-electron chi connectivity index (χ3n) is 4.99. The summed E-state index contributed by atoms with van der Waals surface area (Å²) in [6.07, 6.45) is 1.76. The molecule has 1 aliphatic rings. The lowest BCUT2D eigenvalue weighted by molar-refractivity contribution is 0.288. The highest BCUT2D eigenvalue weighted by atomic mass is 35.5. The van der Waals surface area contributed by atoms with Crippen LogP contribution in [0.15, 0.2) is 57.8 Å². The van der Waals surface area contributed by atoms with Gasteiger partial charge in [-0.3, -0.25) is 0 Å². The minimum absolute atomic E-state index is 0.233. The molecule has 8 heteroatoms. The van der Waals surface area contributed by atoms with Crippen molar-refractivity contribution >= 4 is 21.6 Å². The molecule has 0 N–H and O–H groups in total. The molecule has 0 aliphatic carbocycles. The number of rotatable bonds is 4. The van der Waals surface area contributed by atoms with Crippen LogP contribution in [0.1, 0.15) is 19.8 Å². The first-order chi connectivity index (χ1) is 13.4. The molecular weight excluding hydrogens is 398 g/mol. The summed E-state index contributed by atoms with van der Waals surface area (Å²) in [5.74, 6) is 1.09. The summed E-state index contributed by atoms with van der Waals surface area (Å²) in [7, 11) is -3.55. The van der Waals surface area contributed by atoms with Gasteiger partial charge >= 0.3 is 0 Å². The van der Waals surface area contributed by atoms with Gasteiger partial charge in [-0.15, -0.1) is 10.2 Å². The first-order valence-electron chi connectivity index (χ1n) is 9.14. The highest BCUT2D eigenvalue weighted by molar-refractivity contribution is 7.89. The number of hydrogen-bond acceptors (Lipinski definition) is 5. The molecular formula is C20H20ClN3O3S. The van der Waals surface area contributed by atoms with Gasteiger partial charge < -0.3 is 4.42 Å². The van der Waals surface area contributed by atoms with E-state index < -0.39 is 10.0 Å². The maximum atomic E-state index is 13.0. The lowest BCUT2D eigenvalue weighted by Crippen LogP contribution is -2.37. The summed E-state index contributed by atoms with van der Waals surface area (Å²) >= 11 is 6.18. The van der Waals surface area contributed by atoms with Crippen molar-refractivity contribution in [3.8, 4) is 22.9 Å². The Kier molecular flexibility index (Phi) is 5.23. The standard InChI is InChI=1S/C20H20ClN3O3S/c1-14-9-11-24(12-10-14)28(25,26)16-6-4-5-15(13-16)19-22-23-20(27-19)17-7-2-3-8-18(17)21/h2-8,13-14H,9-12H2,1H3. The van der Waals surface area contributed by atoms with Gasteiger partial charge in [0.2, 0.25) is 21.8 Å². The number of nitrogens with zero attached hydrogens (tertiary/aromatic N) is 3. The average molecular weight is 418 g/mol. The van der Waals surface area contributed by atoms with Gasteiger partial charge in [0, 0.05) is 18.7 Å². The average Bonchev–Trinajstić information content (AvgIpc) is 3.19.